The van der Waals surface area contributed by atoms with E-state index in [0.29, 0.717) is 11.3 Å². The quantitative estimate of drug-likeness (QED) is 0.642. The number of rotatable bonds is 5. The van der Waals surface area contributed by atoms with Gasteiger partial charge >= 0.3 is 11.9 Å². The summed E-state index contributed by atoms with van der Waals surface area (Å²) in [5.41, 5.74) is 6.61. The van der Waals surface area contributed by atoms with E-state index in [-0.39, 0.29) is 18.0 Å². The molecule has 1 aliphatic heterocycles. The first kappa shape index (κ1) is 16.5. The smallest absolute Gasteiger partial charge is 0.339 e. The third-order valence-corrected chi connectivity index (χ3v) is 3.69. The third kappa shape index (κ3) is 3.03. The van der Waals surface area contributed by atoms with Crippen molar-refractivity contribution >= 4 is 18.7 Å². The zero-order chi connectivity index (χ0) is 17.0. The minimum Gasteiger partial charge on any atom is -0.469 e. The molecule has 1 aliphatic rings. The average molecular weight is 318 g/mol. The number of aliphatic imine (C=N–C) groups is 1. The molecule has 0 radical (unpaired) electrons. The summed E-state index contributed by atoms with van der Waals surface area (Å²) >= 11 is 0. The molecule has 2 rings (SSSR count). The van der Waals surface area contributed by atoms with Crippen LogP contribution in [0, 0.1) is 5.92 Å². The van der Waals surface area contributed by atoms with Gasteiger partial charge in [-0.1, -0.05) is 18.2 Å². The van der Waals surface area contributed by atoms with Gasteiger partial charge in [0.25, 0.3) is 0 Å². The highest BCUT2D eigenvalue weighted by atomic mass is 16.5. The van der Waals surface area contributed by atoms with Crippen LogP contribution >= 0.6 is 0 Å². The lowest BCUT2D eigenvalue weighted by molar-refractivity contribution is -0.146. The minimum atomic E-state index is -0.768. The Labute approximate surface area is 133 Å². The second-order valence-electron chi connectivity index (χ2n) is 4.92. The average Bonchev–Trinajstić information content (AvgIpc) is 2.57. The molecule has 0 spiro atoms. The lowest BCUT2D eigenvalue weighted by atomic mass is 9.78. The van der Waals surface area contributed by atoms with E-state index in [2.05, 4.69) is 11.7 Å². The molecule has 0 saturated heterocycles. The van der Waals surface area contributed by atoms with E-state index in [0.717, 1.165) is 0 Å². The molecule has 0 bridgehead atoms. The van der Waals surface area contributed by atoms with Crippen LogP contribution in [0.15, 0.2) is 40.7 Å². The van der Waals surface area contributed by atoms with Gasteiger partial charge in [0.2, 0.25) is 5.88 Å². The molecule has 1 aromatic rings. The van der Waals surface area contributed by atoms with Gasteiger partial charge in [0.1, 0.15) is 11.3 Å². The van der Waals surface area contributed by atoms with E-state index in [1.165, 1.54) is 14.2 Å². The topological polar surface area (TPSA) is 100 Å². The highest BCUT2D eigenvalue weighted by molar-refractivity contribution is 5.93. The first-order valence-corrected chi connectivity index (χ1v) is 6.90. The molecular weight excluding hydrogens is 300 g/mol. The maximum atomic E-state index is 12.2. The number of fused-ring (bicyclic) bond motifs is 1. The SMILES string of the molecule is C=NCC(C(=O)OC)C1C(C(=O)OC)=C(N)Oc2ccccc21. The second kappa shape index (κ2) is 6.95. The molecule has 2 unspecified atom stereocenters. The number of carbonyl (C=O) groups excluding carboxylic acids is 2. The van der Waals surface area contributed by atoms with Gasteiger partial charge in [0.15, 0.2) is 0 Å². The van der Waals surface area contributed by atoms with Crippen molar-refractivity contribution in [1.82, 2.24) is 0 Å². The van der Waals surface area contributed by atoms with Crippen molar-refractivity contribution in [1.29, 1.82) is 0 Å². The number of nitrogens with zero attached hydrogens (tertiary/aromatic N) is 1. The van der Waals surface area contributed by atoms with E-state index in [1.54, 1.807) is 24.3 Å². The van der Waals surface area contributed by atoms with Crippen molar-refractivity contribution in [2.45, 2.75) is 5.92 Å². The van der Waals surface area contributed by atoms with Crippen LogP contribution in [0.3, 0.4) is 0 Å². The van der Waals surface area contributed by atoms with Crippen LogP contribution < -0.4 is 10.5 Å². The van der Waals surface area contributed by atoms with Crippen LogP contribution in [-0.4, -0.2) is 39.4 Å². The number of para-hydroxylation sites is 1. The molecule has 0 fully saturated rings. The summed E-state index contributed by atoms with van der Waals surface area (Å²) in [5, 5.41) is 0. The molecule has 0 aliphatic carbocycles. The molecule has 23 heavy (non-hydrogen) atoms. The number of nitrogens with two attached hydrogens (primary N) is 1. The Morgan fingerprint density at radius 3 is 2.65 bits per heavy atom. The van der Waals surface area contributed by atoms with Gasteiger partial charge in [-0.15, -0.1) is 0 Å². The van der Waals surface area contributed by atoms with Gasteiger partial charge < -0.3 is 24.9 Å². The maximum Gasteiger partial charge on any atom is 0.339 e. The molecule has 7 nitrogen and oxygen atoms in total. The number of carbonyl (C=O) groups is 2. The highest BCUT2D eigenvalue weighted by Gasteiger charge is 2.42. The van der Waals surface area contributed by atoms with Crippen LogP contribution in [0.4, 0.5) is 0 Å². The van der Waals surface area contributed by atoms with Crippen LogP contribution in [0.1, 0.15) is 11.5 Å². The predicted molar refractivity (Wildman–Crippen MR) is 83.0 cm³/mol. The molecule has 2 atom stereocenters. The fourth-order valence-corrected chi connectivity index (χ4v) is 2.67. The van der Waals surface area contributed by atoms with E-state index in [9.17, 15) is 9.59 Å². The summed E-state index contributed by atoms with van der Waals surface area (Å²) in [6.07, 6.45) is 0. The number of esters is 2. The molecule has 1 aromatic carbocycles. The van der Waals surface area contributed by atoms with E-state index < -0.39 is 23.8 Å². The molecule has 2 N–H and O–H groups in total. The second-order valence-corrected chi connectivity index (χ2v) is 4.92. The van der Waals surface area contributed by atoms with Gasteiger partial charge in [-0.25, -0.2) is 4.79 Å². The van der Waals surface area contributed by atoms with Gasteiger partial charge in [0.05, 0.1) is 26.7 Å². The normalized spacial score (nSPS) is 17.6. The number of hydrogen-bond acceptors (Lipinski definition) is 7. The third-order valence-electron chi connectivity index (χ3n) is 3.69. The Morgan fingerprint density at radius 2 is 2.04 bits per heavy atom. The van der Waals surface area contributed by atoms with Crippen LogP contribution in [0.25, 0.3) is 0 Å². The standard InChI is InChI=1S/C16H18N2O5/c1-18-8-10(15(19)21-2)12-9-6-4-5-7-11(9)23-14(17)13(12)16(20)22-3/h4-7,10,12H,1,8,17H2,2-3H3. The van der Waals surface area contributed by atoms with Crippen LogP contribution in [0.2, 0.25) is 0 Å². The Bertz CT molecular complexity index is 668. The first-order valence-electron chi connectivity index (χ1n) is 6.90. The Kier molecular flexibility index (Phi) is 5.00. The molecule has 1 heterocycles. The summed E-state index contributed by atoms with van der Waals surface area (Å²) in [7, 11) is 2.51. The maximum absolute atomic E-state index is 12.2. The van der Waals surface area contributed by atoms with Crippen molar-refractivity contribution in [3.63, 3.8) is 0 Å². The summed E-state index contributed by atoms with van der Waals surface area (Å²) < 4.78 is 15.1. The summed E-state index contributed by atoms with van der Waals surface area (Å²) in [4.78, 5) is 28.2. The lowest BCUT2D eigenvalue weighted by Gasteiger charge is -2.31. The van der Waals surface area contributed by atoms with Crippen molar-refractivity contribution in [2.75, 3.05) is 20.8 Å². The van der Waals surface area contributed by atoms with Crippen molar-refractivity contribution in [3.8, 4) is 5.75 Å². The van der Waals surface area contributed by atoms with Gasteiger partial charge in [-0.2, -0.15) is 0 Å². The number of ether oxygens (including phenoxy) is 3. The summed E-state index contributed by atoms with van der Waals surface area (Å²) in [6.45, 7) is 3.49. The fourth-order valence-electron chi connectivity index (χ4n) is 2.67. The predicted octanol–water partition coefficient (Wildman–Crippen LogP) is 0.996. The monoisotopic (exact) mass is 318 g/mol. The summed E-state index contributed by atoms with van der Waals surface area (Å²) in [5.74, 6) is -2.27. The highest BCUT2D eigenvalue weighted by Crippen LogP contribution is 2.43. The number of benzene rings is 1. The van der Waals surface area contributed by atoms with Crippen LogP contribution in [0.5, 0.6) is 5.75 Å². The molecule has 7 heteroatoms. The molecule has 122 valence electrons. The molecular formula is C16H18N2O5. The largest absolute Gasteiger partial charge is 0.469 e. The van der Waals surface area contributed by atoms with Gasteiger partial charge in [-0.05, 0) is 12.8 Å². The zero-order valence-electron chi connectivity index (χ0n) is 12.9. The van der Waals surface area contributed by atoms with E-state index in [4.69, 9.17) is 19.9 Å². The van der Waals surface area contributed by atoms with Crippen molar-refractivity contribution < 1.29 is 23.8 Å². The summed E-state index contributed by atoms with van der Waals surface area (Å²) in [6, 6.07) is 7.01. The molecule has 0 amide bonds. The zero-order valence-corrected chi connectivity index (χ0v) is 12.9. The Morgan fingerprint density at radius 1 is 1.35 bits per heavy atom. The first-order chi connectivity index (χ1) is 11.0. The van der Waals surface area contributed by atoms with E-state index >= 15 is 0 Å². The van der Waals surface area contributed by atoms with Gasteiger partial charge in [0, 0.05) is 11.5 Å². The molecule has 0 aromatic heterocycles. The number of methoxy groups -OCH3 is 2. The van der Waals surface area contributed by atoms with Crippen molar-refractivity contribution in [3.05, 3.63) is 41.3 Å². The minimum absolute atomic E-state index is 0.0689. The van der Waals surface area contributed by atoms with E-state index in [1.807, 2.05) is 0 Å². The van der Waals surface area contributed by atoms with Gasteiger partial charge in [-0.3, -0.25) is 4.79 Å². The fraction of sp³-hybridized carbons (Fsp3) is 0.312. The Balaban J connectivity index is 2.63. The van der Waals surface area contributed by atoms with Crippen molar-refractivity contribution in [2.24, 2.45) is 16.6 Å². The van der Waals surface area contributed by atoms with Crippen LogP contribution in [-0.2, 0) is 19.1 Å². The lowest BCUT2D eigenvalue weighted by Crippen LogP contribution is -2.35. The molecule has 0 saturated carbocycles. The number of hydrogen-bond donors (Lipinski definition) is 1. The Hall–Kier alpha value is -2.83.